The summed E-state index contributed by atoms with van der Waals surface area (Å²) in [5.41, 5.74) is 3.79. The van der Waals surface area contributed by atoms with Crippen molar-refractivity contribution < 1.29 is 9.53 Å². The normalized spacial score (nSPS) is 16.6. The monoisotopic (exact) mass is 558 g/mol. The van der Waals surface area contributed by atoms with Crippen molar-refractivity contribution in [2.45, 2.75) is 25.0 Å². The fourth-order valence-electron chi connectivity index (χ4n) is 5.73. The third-order valence-electron chi connectivity index (χ3n) is 7.49. The van der Waals surface area contributed by atoms with Crippen LogP contribution in [0.4, 0.5) is 0 Å². The van der Waals surface area contributed by atoms with Crippen molar-refractivity contribution in [3.05, 3.63) is 141 Å². The number of ether oxygens (including phenoxy) is 1. The molecule has 200 valence electrons. The van der Waals surface area contributed by atoms with E-state index in [0.29, 0.717) is 36.3 Å². The lowest BCUT2D eigenvalue weighted by Gasteiger charge is -2.51. The molecular weight excluding hydrogens is 527 g/mol. The first-order valence-electron chi connectivity index (χ1n) is 13.3. The second kappa shape index (κ2) is 12.4. The molecule has 0 bridgehead atoms. The van der Waals surface area contributed by atoms with E-state index in [0.717, 1.165) is 28.8 Å². The highest BCUT2D eigenvalue weighted by Gasteiger charge is 2.46. The lowest BCUT2D eigenvalue weighted by molar-refractivity contribution is -0.153. The van der Waals surface area contributed by atoms with Gasteiger partial charge in [-0.25, -0.2) is 0 Å². The molecule has 1 aliphatic rings. The topological polar surface area (TPSA) is 32.8 Å². The van der Waals surface area contributed by atoms with Crippen LogP contribution in [0.1, 0.15) is 29.2 Å². The molecule has 0 amide bonds. The Hall–Kier alpha value is -3.15. The van der Waals surface area contributed by atoms with E-state index in [1.165, 1.54) is 0 Å². The molecule has 39 heavy (non-hydrogen) atoms. The Bertz CT molecular complexity index is 1290. The molecular formula is C33H32Cl2N2O2. The van der Waals surface area contributed by atoms with Crippen LogP contribution in [-0.4, -0.2) is 48.1 Å². The summed E-state index contributed by atoms with van der Waals surface area (Å²) in [6.07, 6.45) is 0. The van der Waals surface area contributed by atoms with Crippen LogP contribution in [-0.2, 0) is 21.6 Å². The number of piperazine rings is 1. The molecule has 6 heteroatoms. The van der Waals surface area contributed by atoms with E-state index < -0.39 is 11.6 Å². The zero-order chi connectivity index (χ0) is 27.2. The number of nitrogens with zero attached hydrogens (tertiary/aromatic N) is 2. The number of esters is 1. The number of rotatable bonds is 8. The van der Waals surface area contributed by atoms with Crippen LogP contribution in [0.5, 0.6) is 0 Å². The van der Waals surface area contributed by atoms with Crippen LogP contribution < -0.4 is 0 Å². The molecule has 1 unspecified atom stereocenters. The average Bonchev–Trinajstić information content (AvgIpc) is 2.97. The average molecular weight is 560 g/mol. The molecule has 1 heterocycles. The Morgan fingerprint density at radius 1 is 0.821 bits per heavy atom. The molecule has 0 aliphatic carbocycles. The van der Waals surface area contributed by atoms with Crippen LogP contribution in [0, 0.1) is 0 Å². The Balaban J connectivity index is 1.61. The molecule has 0 radical (unpaired) electrons. The van der Waals surface area contributed by atoms with Crippen molar-refractivity contribution in [2.75, 3.05) is 26.2 Å². The van der Waals surface area contributed by atoms with E-state index in [2.05, 4.69) is 82.6 Å². The number of carbonyl (C=O) groups excluding carboxylic acids is 1. The maximum Gasteiger partial charge on any atom is 0.324 e. The molecule has 5 rings (SSSR count). The zero-order valence-electron chi connectivity index (χ0n) is 22.0. The van der Waals surface area contributed by atoms with Crippen molar-refractivity contribution in [1.29, 1.82) is 0 Å². The standard InChI is InChI=1S/C33H32Cl2N2O2/c1-2-39-32(38)31-24-37(21-20-36(31)23-25-18-19-29(34)22-30(25)35)33(26-12-6-3-7-13-26,27-14-8-4-9-15-27)28-16-10-5-11-17-28/h3-19,22,31H,2,20-21,23-24H2,1H3. The third kappa shape index (κ3) is 5.61. The van der Waals surface area contributed by atoms with Crippen molar-refractivity contribution in [3.8, 4) is 0 Å². The zero-order valence-corrected chi connectivity index (χ0v) is 23.5. The van der Waals surface area contributed by atoms with Gasteiger partial charge in [0.15, 0.2) is 0 Å². The second-order valence-electron chi connectivity index (χ2n) is 9.73. The fraction of sp³-hybridized carbons (Fsp3) is 0.242. The van der Waals surface area contributed by atoms with Crippen molar-refractivity contribution in [3.63, 3.8) is 0 Å². The van der Waals surface area contributed by atoms with E-state index in [9.17, 15) is 4.79 Å². The first kappa shape index (κ1) is 27.4. The molecule has 4 nitrogen and oxygen atoms in total. The van der Waals surface area contributed by atoms with Gasteiger partial charge in [0.2, 0.25) is 0 Å². The third-order valence-corrected chi connectivity index (χ3v) is 8.07. The summed E-state index contributed by atoms with van der Waals surface area (Å²) in [6.45, 7) is 4.59. The van der Waals surface area contributed by atoms with E-state index >= 15 is 0 Å². The molecule has 1 fully saturated rings. The van der Waals surface area contributed by atoms with Crippen LogP contribution in [0.2, 0.25) is 10.0 Å². The maximum absolute atomic E-state index is 13.5. The Labute approximate surface area is 240 Å². The summed E-state index contributed by atoms with van der Waals surface area (Å²) in [6, 6.07) is 36.7. The van der Waals surface area contributed by atoms with Crippen LogP contribution in [0.25, 0.3) is 0 Å². The molecule has 0 aromatic heterocycles. The van der Waals surface area contributed by atoms with Gasteiger partial charge in [0.05, 0.1) is 12.1 Å². The van der Waals surface area contributed by atoms with Gasteiger partial charge in [-0.15, -0.1) is 0 Å². The largest absolute Gasteiger partial charge is 0.465 e. The van der Waals surface area contributed by atoms with Crippen LogP contribution in [0.3, 0.4) is 0 Å². The van der Waals surface area contributed by atoms with Crippen LogP contribution >= 0.6 is 23.2 Å². The van der Waals surface area contributed by atoms with Crippen molar-refractivity contribution in [1.82, 2.24) is 9.80 Å². The molecule has 0 N–H and O–H groups in total. The van der Waals surface area contributed by atoms with Gasteiger partial charge in [0.1, 0.15) is 6.04 Å². The molecule has 1 aliphatic heterocycles. The number of carbonyl (C=O) groups is 1. The minimum atomic E-state index is -0.599. The van der Waals surface area contributed by atoms with Crippen molar-refractivity contribution >= 4 is 29.2 Å². The molecule has 1 atom stereocenters. The minimum absolute atomic E-state index is 0.227. The maximum atomic E-state index is 13.5. The Morgan fingerprint density at radius 3 is 1.85 bits per heavy atom. The minimum Gasteiger partial charge on any atom is -0.465 e. The Kier molecular flexibility index (Phi) is 8.69. The first-order chi connectivity index (χ1) is 19.0. The molecule has 0 spiro atoms. The number of halogens is 2. The van der Waals surface area contributed by atoms with Gasteiger partial charge in [0.25, 0.3) is 0 Å². The fourth-order valence-corrected chi connectivity index (χ4v) is 6.20. The summed E-state index contributed by atoms with van der Waals surface area (Å²) in [5, 5.41) is 1.19. The van der Waals surface area contributed by atoms with E-state index in [-0.39, 0.29) is 5.97 Å². The SMILES string of the molecule is CCOC(=O)C1CN(C(c2ccccc2)(c2ccccc2)c2ccccc2)CCN1Cc1ccc(Cl)cc1Cl. The summed E-state index contributed by atoms with van der Waals surface area (Å²) in [7, 11) is 0. The predicted octanol–water partition coefficient (Wildman–Crippen LogP) is 7.03. The van der Waals surface area contributed by atoms with Gasteiger partial charge in [-0.3, -0.25) is 14.6 Å². The molecule has 4 aromatic rings. The quantitative estimate of drug-likeness (QED) is 0.171. The highest BCUT2D eigenvalue weighted by atomic mass is 35.5. The summed E-state index contributed by atoms with van der Waals surface area (Å²) in [5.74, 6) is -0.227. The Morgan fingerprint density at radius 2 is 1.36 bits per heavy atom. The second-order valence-corrected chi connectivity index (χ2v) is 10.6. The number of hydrogen-bond donors (Lipinski definition) is 0. The van der Waals surface area contributed by atoms with E-state index in [4.69, 9.17) is 27.9 Å². The molecule has 0 saturated carbocycles. The highest BCUT2D eigenvalue weighted by Crippen LogP contribution is 2.43. The highest BCUT2D eigenvalue weighted by molar-refractivity contribution is 6.35. The van der Waals surface area contributed by atoms with Gasteiger partial charge >= 0.3 is 5.97 Å². The van der Waals surface area contributed by atoms with E-state index in [1.807, 2.05) is 37.3 Å². The summed E-state index contributed by atoms with van der Waals surface area (Å²) in [4.78, 5) is 18.1. The summed E-state index contributed by atoms with van der Waals surface area (Å²) < 4.78 is 5.62. The van der Waals surface area contributed by atoms with Crippen molar-refractivity contribution in [2.24, 2.45) is 0 Å². The number of hydrogen-bond acceptors (Lipinski definition) is 4. The predicted molar refractivity (Wildman–Crippen MR) is 158 cm³/mol. The van der Waals surface area contributed by atoms with Gasteiger partial charge in [-0.05, 0) is 41.3 Å². The molecule has 4 aromatic carbocycles. The first-order valence-corrected chi connectivity index (χ1v) is 14.1. The van der Waals surface area contributed by atoms with Gasteiger partial charge in [0, 0.05) is 36.2 Å². The van der Waals surface area contributed by atoms with Crippen LogP contribution in [0.15, 0.2) is 109 Å². The van der Waals surface area contributed by atoms with Gasteiger partial charge < -0.3 is 4.74 Å². The van der Waals surface area contributed by atoms with E-state index in [1.54, 1.807) is 6.07 Å². The lowest BCUT2D eigenvalue weighted by Crippen LogP contribution is -2.62. The summed E-state index contributed by atoms with van der Waals surface area (Å²) >= 11 is 12.7. The van der Waals surface area contributed by atoms with Gasteiger partial charge in [-0.1, -0.05) is 120 Å². The number of benzene rings is 4. The van der Waals surface area contributed by atoms with Gasteiger partial charge in [-0.2, -0.15) is 0 Å². The smallest absolute Gasteiger partial charge is 0.324 e. The lowest BCUT2D eigenvalue weighted by atomic mass is 9.75. The molecule has 1 saturated heterocycles.